The molecule has 1 saturated heterocycles. The first kappa shape index (κ1) is 16.6. The first-order chi connectivity index (χ1) is 11.6. The average Bonchev–Trinajstić information content (AvgIpc) is 3.21. The summed E-state index contributed by atoms with van der Waals surface area (Å²) in [6, 6.07) is 7.07. The van der Waals surface area contributed by atoms with Crippen LogP contribution in [0.4, 0.5) is 4.79 Å². The summed E-state index contributed by atoms with van der Waals surface area (Å²) >= 11 is 5.96. The second-order valence-electron chi connectivity index (χ2n) is 5.84. The summed E-state index contributed by atoms with van der Waals surface area (Å²) in [5.41, 5.74) is 1.70. The van der Waals surface area contributed by atoms with Crippen molar-refractivity contribution in [2.75, 3.05) is 13.7 Å². The van der Waals surface area contributed by atoms with Gasteiger partial charge in [-0.3, -0.25) is 0 Å². The van der Waals surface area contributed by atoms with Crippen LogP contribution in [0.3, 0.4) is 0 Å². The minimum Gasteiger partial charge on any atom is -0.496 e. The molecule has 1 aliphatic rings. The Morgan fingerprint density at radius 1 is 1.50 bits per heavy atom. The van der Waals surface area contributed by atoms with Crippen LogP contribution in [0.1, 0.15) is 35.9 Å². The van der Waals surface area contributed by atoms with E-state index in [9.17, 15) is 4.79 Å². The van der Waals surface area contributed by atoms with Gasteiger partial charge in [0.25, 0.3) is 0 Å². The molecule has 24 heavy (non-hydrogen) atoms. The Balaban J connectivity index is 1.66. The first-order valence-electron chi connectivity index (χ1n) is 7.88. The lowest BCUT2D eigenvalue weighted by Gasteiger charge is -2.23. The maximum Gasteiger partial charge on any atom is 0.318 e. The van der Waals surface area contributed by atoms with Gasteiger partial charge < -0.3 is 19.5 Å². The molecular weight excluding hydrogens is 330 g/mol. The zero-order valence-corrected chi connectivity index (χ0v) is 14.5. The molecule has 1 aromatic carbocycles. The number of likely N-dealkylation sites (tertiary alicyclic amines) is 1. The molecule has 0 spiro atoms. The highest BCUT2D eigenvalue weighted by Gasteiger charge is 2.32. The van der Waals surface area contributed by atoms with Gasteiger partial charge in [-0.05, 0) is 31.9 Å². The Morgan fingerprint density at radius 3 is 3.04 bits per heavy atom. The average molecular weight is 350 g/mol. The molecule has 6 nitrogen and oxygen atoms in total. The quantitative estimate of drug-likeness (QED) is 0.914. The van der Waals surface area contributed by atoms with Crippen LogP contribution in [-0.4, -0.2) is 29.7 Å². The number of hydrogen-bond acceptors (Lipinski definition) is 4. The van der Waals surface area contributed by atoms with Crippen LogP contribution in [0.25, 0.3) is 0 Å². The summed E-state index contributed by atoms with van der Waals surface area (Å²) in [6.07, 6.45) is 1.83. The second-order valence-corrected chi connectivity index (χ2v) is 6.27. The Bertz CT molecular complexity index is 732. The molecule has 7 heteroatoms. The summed E-state index contributed by atoms with van der Waals surface area (Å²) in [6.45, 7) is 2.95. The number of carbonyl (C=O) groups is 1. The van der Waals surface area contributed by atoms with Gasteiger partial charge in [-0.15, -0.1) is 0 Å². The van der Waals surface area contributed by atoms with Gasteiger partial charge in [0.15, 0.2) is 5.76 Å². The minimum absolute atomic E-state index is 0.0571. The second kappa shape index (κ2) is 7.13. The largest absolute Gasteiger partial charge is 0.496 e. The molecule has 128 valence electrons. The molecule has 0 aliphatic carbocycles. The predicted octanol–water partition coefficient (Wildman–Crippen LogP) is 3.69. The predicted molar refractivity (Wildman–Crippen MR) is 90.2 cm³/mol. The maximum atomic E-state index is 12.6. The summed E-state index contributed by atoms with van der Waals surface area (Å²) in [5.74, 6) is 1.40. The number of hydrogen-bond donors (Lipinski definition) is 1. The van der Waals surface area contributed by atoms with Crippen LogP contribution >= 0.6 is 11.6 Å². The third-order valence-corrected chi connectivity index (χ3v) is 4.40. The summed E-state index contributed by atoms with van der Waals surface area (Å²) < 4.78 is 10.6. The fourth-order valence-corrected chi connectivity index (χ4v) is 3.14. The van der Waals surface area contributed by atoms with Gasteiger partial charge >= 0.3 is 6.03 Å². The van der Waals surface area contributed by atoms with Gasteiger partial charge in [0, 0.05) is 29.7 Å². The van der Waals surface area contributed by atoms with E-state index in [4.69, 9.17) is 20.9 Å². The van der Waals surface area contributed by atoms with Gasteiger partial charge in [-0.25, -0.2) is 4.79 Å². The maximum absolute atomic E-state index is 12.6. The van der Waals surface area contributed by atoms with Crippen LogP contribution in [0.15, 0.2) is 28.8 Å². The Morgan fingerprint density at radius 2 is 2.33 bits per heavy atom. The number of rotatable bonds is 4. The van der Waals surface area contributed by atoms with E-state index in [1.54, 1.807) is 24.1 Å². The van der Waals surface area contributed by atoms with Gasteiger partial charge in [-0.1, -0.05) is 22.8 Å². The molecule has 0 saturated carbocycles. The van der Waals surface area contributed by atoms with Crippen LogP contribution in [-0.2, 0) is 6.54 Å². The molecule has 0 bridgehead atoms. The molecular formula is C17H20ClN3O3. The van der Waals surface area contributed by atoms with Crippen molar-refractivity contribution in [1.29, 1.82) is 0 Å². The summed E-state index contributed by atoms with van der Waals surface area (Å²) in [7, 11) is 1.58. The smallest absolute Gasteiger partial charge is 0.318 e. The van der Waals surface area contributed by atoms with Crippen molar-refractivity contribution in [3.63, 3.8) is 0 Å². The normalized spacial score (nSPS) is 17.1. The molecule has 1 unspecified atom stereocenters. The number of halogens is 1. The molecule has 3 rings (SSSR count). The van der Waals surface area contributed by atoms with Crippen molar-refractivity contribution in [3.05, 3.63) is 46.3 Å². The molecule has 1 fully saturated rings. The Kier molecular flexibility index (Phi) is 4.94. The van der Waals surface area contributed by atoms with E-state index in [0.29, 0.717) is 23.9 Å². The van der Waals surface area contributed by atoms with Gasteiger partial charge in [0.05, 0.1) is 18.8 Å². The van der Waals surface area contributed by atoms with Crippen LogP contribution in [0, 0.1) is 6.92 Å². The number of methoxy groups -OCH3 is 1. The zero-order chi connectivity index (χ0) is 17.1. The fraction of sp³-hybridized carbons (Fsp3) is 0.412. The summed E-state index contributed by atoms with van der Waals surface area (Å²) in [5, 5.41) is 7.46. The number of urea groups is 1. The SMILES string of the molecule is COc1cc(Cl)ccc1CNC(=O)N1CCCC1c1cc(C)no1. The highest BCUT2D eigenvalue weighted by Crippen LogP contribution is 2.32. The Labute approximate surface area is 145 Å². The van der Waals surface area contributed by atoms with Crippen molar-refractivity contribution in [2.24, 2.45) is 0 Å². The standard InChI is InChI=1S/C17H20ClN3O3/c1-11-8-16(24-20-11)14-4-3-7-21(14)17(22)19-10-12-5-6-13(18)9-15(12)23-2/h5-6,8-9,14H,3-4,7,10H2,1-2H3,(H,19,22). The third kappa shape index (κ3) is 3.48. The molecule has 2 amide bonds. The highest BCUT2D eigenvalue weighted by atomic mass is 35.5. The lowest BCUT2D eigenvalue weighted by molar-refractivity contribution is 0.182. The van der Waals surface area contributed by atoms with E-state index >= 15 is 0 Å². The molecule has 1 aromatic heterocycles. The molecule has 0 radical (unpaired) electrons. The first-order valence-corrected chi connectivity index (χ1v) is 8.26. The zero-order valence-electron chi connectivity index (χ0n) is 13.7. The van der Waals surface area contributed by atoms with E-state index in [2.05, 4.69) is 10.5 Å². The number of ether oxygens (including phenoxy) is 1. The van der Waals surface area contributed by atoms with Crippen molar-refractivity contribution in [3.8, 4) is 5.75 Å². The molecule has 1 atom stereocenters. The molecule has 2 aromatic rings. The highest BCUT2D eigenvalue weighted by molar-refractivity contribution is 6.30. The number of nitrogens with one attached hydrogen (secondary N) is 1. The van der Waals surface area contributed by atoms with Crippen LogP contribution in [0.2, 0.25) is 5.02 Å². The number of nitrogens with zero attached hydrogens (tertiary/aromatic N) is 2. The molecule has 2 heterocycles. The van der Waals surface area contributed by atoms with Crippen molar-refractivity contribution in [1.82, 2.24) is 15.4 Å². The van der Waals surface area contributed by atoms with E-state index in [-0.39, 0.29) is 12.1 Å². The van der Waals surface area contributed by atoms with Crippen molar-refractivity contribution >= 4 is 17.6 Å². The van der Waals surface area contributed by atoms with E-state index < -0.39 is 0 Å². The summed E-state index contributed by atoms with van der Waals surface area (Å²) in [4.78, 5) is 14.4. The van der Waals surface area contributed by atoms with E-state index in [0.717, 1.165) is 29.9 Å². The van der Waals surface area contributed by atoms with Gasteiger partial charge in [-0.2, -0.15) is 0 Å². The van der Waals surface area contributed by atoms with Gasteiger partial charge in [0.2, 0.25) is 0 Å². The number of aromatic nitrogens is 1. The lowest BCUT2D eigenvalue weighted by atomic mass is 10.1. The fourth-order valence-electron chi connectivity index (χ4n) is 2.98. The van der Waals surface area contributed by atoms with Crippen LogP contribution in [0.5, 0.6) is 5.75 Å². The third-order valence-electron chi connectivity index (χ3n) is 4.17. The van der Waals surface area contributed by atoms with E-state index in [1.165, 1.54) is 0 Å². The van der Waals surface area contributed by atoms with Gasteiger partial charge in [0.1, 0.15) is 5.75 Å². The van der Waals surface area contributed by atoms with Crippen molar-refractivity contribution < 1.29 is 14.1 Å². The number of benzene rings is 1. The Hall–Kier alpha value is -2.21. The van der Waals surface area contributed by atoms with Crippen LogP contribution < -0.4 is 10.1 Å². The van der Waals surface area contributed by atoms with Crippen molar-refractivity contribution in [2.45, 2.75) is 32.4 Å². The number of amides is 2. The number of carbonyl (C=O) groups excluding carboxylic acids is 1. The monoisotopic (exact) mass is 349 g/mol. The topological polar surface area (TPSA) is 67.6 Å². The number of aryl methyl sites for hydroxylation is 1. The van der Waals surface area contributed by atoms with E-state index in [1.807, 2.05) is 19.1 Å². The minimum atomic E-state index is -0.122. The molecule has 1 aliphatic heterocycles. The molecule has 1 N–H and O–H groups in total. The lowest BCUT2D eigenvalue weighted by Crippen LogP contribution is -2.39.